The van der Waals surface area contributed by atoms with Crippen molar-refractivity contribution in [3.05, 3.63) is 59.8 Å². The van der Waals surface area contributed by atoms with Gasteiger partial charge in [-0.15, -0.1) is 0 Å². The molecule has 0 aliphatic heterocycles. The molecule has 3 aromatic rings. The molecule has 0 spiro atoms. The van der Waals surface area contributed by atoms with E-state index < -0.39 is 0 Å². The molecule has 2 aromatic carbocycles. The number of fused-ring (bicyclic) bond motifs is 1. The maximum atomic E-state index is 12.6. The van der Waals surface area contributed by atoms with Crippen LogP contribution in [0.15, 0.2) is 48.7 Å². The summed E-state index contributed by atoms with van der Waals surface area (Å²) in [6, 6.07) is 14.3. The Morgan fingerprint density at radius 2 is 2.00 bits per heavy atom. The topological polar surface area (TPSA) is 68.0 Å². The van der Waals surface area contributed by atoms with Gasteiger partial charge in [0.05, 0.1) is 0 Å². The van der Waals surface area contributed by atoms with E-state index in [1.54, 1.807) is 6.20 Å². The summed E-state index contributed by atoms with van der Waals surface area (Å²) >= 11 is 0. The van der Waals surface area contributed by atoms with Crippen LogP contribution in [-0.4, -0.2) is 16.9 Å². The van der Waals surface area contributed by atoms with E-state index in [9.17, 15) is 4.79 Å². The highest BCUT2D eigenvalue weighted by molar-refractivity contribution is 5.98. The minimum absolute atomic E-state index is 0.0271. The number of nitrogens with two attached hydrogens (primary N) is 1. The molecular formula is C21H21N3O. The second-order valence-corrected chi connectivity index (χ2v) is 6.75. The van der Waals surface area contributed by atoms with Gasteiger partial charge in [-0.3, -0.25) is 4.79 Å². The number of nitrogens with zero attached hydrogens (tertiary/aromatic N) is 1. The zero-order valence-electron chi connectivity index (χ0n) is 14.3. The van der Waals surface area contributed by atoms with Gasteiger partial charge in [0.2, 0.25) is 0 Å². The fourth-order valence-electron chi connectivity index (χ4n) is 3.34. The summed E-state index contributed by atoms with van der Waals surface area (Å²) in [6.07, 6.45) is 5.17. The number of benzene rings is 2. The Morgan fingerprint density at radius 1 is 1.16 bits per heavy atom. The van der Waals surface area contributed by atoms with E-state index in [-0.39, 0.29) is 5.91 Å². The second kappa shape index (κ2) is 6.20. The van der Waals surface area contributed by atoms with Crippen molar-refractivity contribution in [2.45, 2.75) is 32.2 Å². The molecule has 0 atom stereocenters. The van der Waals surface area contributed by atoms with E-state index in [0.29, 0.717) is 11.9 Å². The van der Waals surface area contributed by atoms with Gasteiger partial charge in [-0.05, 0) is 66.5 Å². The number of carbonyl (C=O) groups is 1. The van der Waals surface area contributed by atoms with Crippen LogP contribution in [0.2, 0.25) is 0 Å². The highest BCUT2D eigenvalue weighted by Crippen LogP contribution is 2.29. The Kier molecular flexibility index (Phi) is 3.88. The number of carbonyl (C=O) groups excluding carboxylic acids is 1. The van der Waals surface area contributed by atoms with E-state index in [1.165, 1.54) is 6.42 Å². The number of hydrogen-bond acceptors (Lipinski definition) is 3. The summed E-state index contributed by atoms with van der Waals surface area (Å²) in [4.78, 5) is 16.7. The van der Waals surface area contributed by atoms with Crippen LogP contribution in [0.5, 0.6) is 0 Å². The monoisotopic (exact) mass is 331 g/mol. The smallest absolute Gasteiger partial charge is 0.251 e. The predicted octanol–water partition coefficient (Wildman–Crippen LogP) is 4.07. The highest BCUT2D eigenvalue weighted by Gasteiger charge is 2.21. The summed E-state index contributed by atoms with van der Waals surface area (Å²) < 4.78 is 0. The number of nitrogens with one attached hydrogen (secondary N) is 1. The number of hydrogen-bond donors (Lipinski definition) is 2. The van der Waals surface area contributed by atoms with Crippen molar-refractivity contribution in [1.82, 2.24) is 10.3 Å². The molecule has 0 bridgehead atoms. The molecule has 25 heavy (non-hydrogen) atoms. The molecule has 0 radical (unpaired) electrons. The average Bonchev–Trinajstić information content (AvgIpc) is 2.58. The lowest BCUT2D eigenvalue weighted by Gasteiger charge is -2.26. The predicted molar refractivity (Wildman–Crippen MR) is 101 cm³/mol. The van der Waals surface area contributed by atoms with E-state index in [2.05, 4.69) is 28.5 Å². The van der Waals surface area contributed by atoms with Gasteiger partial charge in [0.25, 0.3) is 5.91 Å². The van der Waals surface area contributed by atoms with Gasteiger partial charge >= 0.3 is 0 Å². The molecule has 1 saturated carbocycles. The third-order valence-corrected chi connectivity index (χ3v) is 5.07. The van der Waals surface area contributed by atoms with Crippen molar-refractivity contribution < 1.29 is 4.79 Å². The first-order valence-electron chi connectivity index (χ1n) is 8.68. The fourth-order valence-corrected chi connectivity index (χ4v) is 3.34. The summed E-state index contributed by atoms with van der Waals surface area (Å²) in [7, 11) is 0. The van der Waals surface area contributed by atoms with Crippen molar-refractivity contribution in [3.63, 3.8) is 0 Å². The Hall–Kier alpha value is -2.88. The Bertz CT molecular complexity index is 961. The molecule has 4 nitrogen and oxygen atoms in total. The Morgan fingerprint density at radius 3 is 2.76 bits per heavy atom. The first-order valence-corrected chi connectivity index (χ1v) is 8.68. The average molecular weight is 331 g/mol. The molecule has 4 rings (SSSR count). The molecule has 126 valence electrons. The fraction of sp³-hybridized carbons (Fsp3) is 0.238. The maximum Gasteiger partial charge on any atom is 0.251 e. The molecule has 0 saturated heterocycles. The molecule has 1 fully saturated rings. The number of pyridine rings is 1. The summed E-state index contributed by atoms with van der Waals surface area (Å²) in [5, 5.41) is 5.23. The zero-order valence-corrected chi connectivity index (χ0v) is 14.3. The van der Waals surface area contributed by atoms with Gasteiger partial charge in [-0.1, -0.05) is 24.3 Å². The maximum absolute atomic E-state index is 12.6. The number of rotatable bonds is 3. The molecular weight excluding hydrogens is 310 g/mol. The van der Waals surface area contributed by atoms with Gasteiger partial charge < -0.3 is 11.1 Å². The van der Waals surface area contributed by atoms with Crippen molar-refractivity contribution in [1.29, 1.82) is 0 Å². The lowest BCUT2D eigenvalue weighted by atomic mass is 9.91. The number of anilines is 1. The van der Waals surface area contributed by atoms with Crippen molar-refractivity contribution >= 4 is 22.5 Å². The van der Waals surface area contributed by atoms with Crippen LogP contribution in [0.1, 0.15) is 35.2 Å². The quantitative estimate of drug-likeness (QED) is 0.760. The van der Waals surface area contributed by atoms with Crippen LogP contribution in [0.4, 0.5) is 5.82 Å². The van der Waals surface area contributed by atoms with E-state index >= 15 is 0 Å². The van der Waals surface area contributed by atoms with Crippen LogP contribution < -0.4 is 11.1 Å². The van der Waals surface area contributed by atoms with Crippen LogP contribution in [0.25, 0.3) is 21.9 Å². The minimum atomic E-state index is 0.0271. The SMILES string of the molecule is Cc1c(C(=O)NC2CCC2)cccc1-c1ccc2cc(N)ncc2c1. The van der Waals surface area contributed by atoms with Gasteiger partial charge in [0, 0.05) is 23.2 Å². The van der Waals surface area contributed by atoms with Gasteiger partial charge in [-0.2, -0.15) is 0 Å². The summed E-state index contributed by atoms with van der Waals surface area (Å²) in [6.45, 7) is 2.01. The standard InChI is InChI=1S/C21H21N3O/c1-13-18(6-3-7-19(13)21(25)24-17-4-2-5-17)15-9-8-14-11-20(22)23-12-16(14)10-15/h3,6-12,17H,2,4-5H2,1H3,(H2,22,23)(H,24,25). The van der Waals surface area contributed by atoms with Crippen LogP contribution >= 0.6 is 0 Å². The molecule has 1 aliphatic rings. The number of nitrogen functional groups attached to an aromatic ring is 1. The molecule has 4 heteroatoms. The van der Waals surface area contributed by atoms with Crippen molar-refractivity contribution in [2.24, 2.45) is 0 Å². The largest absolute Gasteiger partial charge is 0.384 e. The Labute approximate surface area is 147 Å². The minimum Gasteiger partial charge on any atom is -0.384 e. The van der Waals surface area contributed by atoms with Crippen molar-refractivity contribution in [3.8, 4) is 11.1 Å². The molecule has 1 aromatic heterocycles. The third-order valence-electron chi connectivity index (χ3n) is 5.07. The first-order chi connectivity index (χ1) is 12.1. The van der Waals surface area contributed by atoms with Crippen LogP contribution in [-0.2, 0) is 0 Å². The van der Waals surface area contributed by atoms with E-state index in [0.717, 1.165) is 45.9 Å². The first kappa shape index (κ1) is 15.6. The third kappa shape index (κ3) is 2.95. The van der Waals surface area contributed by atoms with Gasteiger partial charge in [0.15, 0.2) is 0 Å². The van der Waals surface area contributed by atoms with Crippen molar-refractivity contribution in [2.75, 3.05) is 5.73 Å². The summed E-state index contributed by atoms with van der Waals surface area (Å²) in [5.41, 5.74) is 9.65. The zero-order chi connectivity index (χ0) is 17.4. The summed E-state index contributed by atoms with van der Waals surface area (Å²) in [5.74, 6) is 0.547. The van der Waals surface area contributed by atoms with E-state index in [4.69, 9.17) is 5.73 Å². The van der Waals surface area contributed by atoms with Crippen LogP contribution in [0.3, 0.4) is 0 Å². The molecule has 1 aliphatic carbocycles. The normalized spacial score (nSPS) is 14.3. The number of aromatic nitrogens is 1. The van der Waals surface area contributed by atoms with Crippen LogP contribution in [0, 0.1) is 6.92 Å². The molecule has 3 N–H and O–H groups in total. The molecule has 1 amide bonds. The highest BCUT2D eigenvalue weighted by atomic mass is 16.1. The van der Waals surface area contributed by atoms with Gasteiger partial charge in [-0.25, -0.2) is 4.98 Å². The Balaban J connectivity index is 1.71. The molecule has 1 heterocycles. The van der Waals surface area contributed by atoms with Gasteiger partial charge in [0.1, 0.15) is 5.82 Å². The lowest BCUT2D eigenvalue weighted by Crippen LogP contribution is -2.39. The van der Waals surface area contributed by atoms with E-state index in [1.807, 2.05) is 31.2 Å². The number of amides is 1. The second-order valence-electron chi connectivity index (χ2n) is 6.75. The molecule has 0 unspecified atom stereocenters. The lowest BCUT2D eigenvalue weighted by molar-refractivity contribution is 0.0916.